The molecule has 1 aromatic heterocycles. The third-order valence-electron chi connectivity index (χ3n) is 4.28. The number of carbonyl (C=O) groups excluding carboxylic acids is 1. The van der Waals surface area contributed by atoms with E-state index in [0.29, 0.717) is 11.3 Å². The van der Waals surface area contributed by atoms with E-state index in [0.717, 1.165) is 21.5 Å². The van der Waals surface area contributed by atoms with Gasteiger partial charge in [0.2, 0.25) is 0 Å². The summed E-state index contributed by atoms with van der Waals surface area (Å²) in [6.07, 6.45) is 5.77. The fourth-order valence-electron chi connectivity index (χ4n) is 2.72. The number of aryl methyl sites for hydroxylation is 2. The van der Waals surface area contributed by atoms with E-state index in [1.54, 1.807) is 7.11 Å². The molecule has 0 unspecified atom stereocenters. The molecular formula is C21H20N2O2S. The van der Waals surface area contributed by atoms with E-state index in [2.05, 4.69) is 36.9 Å². The van der Waals surface area contributed by atoms with Gasteiger partial charge < -0.3 is 9.30 Å². The van der Waals surface area contributed by atoms with Gasteiger partial charge in [-0.25, -0.2) is 0 Å². The van der Waals surface area contributed by atoms with Crippen LogP contribution in [0.15, 0.2) is 41.4 Å². The molecule has 2 aromatic carbocycles. The third kappa shape index (κ3) is 3.71. The highest BCUT2D eigenvalue weighted by Crippen LogP contribution is 2.22. The van der Waals surface area contributed by atoms with Crippen LogP contribution in [0, 0.1) is 26.2 Å². The fourth-order valence-corrected chi connectivity index (χ4v) is 3.84. The molecule has 0 spiro atoms. The molecule has 0 aliphatic rings. The number of nitrogens with zero attached hydrogens (tertiary/aromatic N) is 2. The van der Waals surface area contributed by atoms with Crippen LogP contribution in [0.4, 0.5) is 0 Å². The predicted octanol–water partition coefficient (Wildman–Crippen LogP) is 3.63. The fraction of sp³-hybridized carbons (Fsp3) is 0.238. The summed E-state index contributed by atoms with van der Waals surface area (Å²) in [7, 11) is 1.62. The normalized spacial score (nSPS) is 11.5. The monoisotopic (exact) mass is 364 g/mol. The second-order valence-electron chi connectivity index (χ2n) is 6.11. The van der Waals surface area contributed by atoms with Crippen molar-refractivity contribution < 1.29 is 9.53 Å². The van der Waals surface area contributed by atoms with E-state index in [-0.39, 0.29) is 12.3 Å². The number of terminal acetylenes is 1. The molecule has 0 bridgehead atoms. The van der Waals surface area contributed by atoms with Gasteiger partial charge in [0.05, 0.1) is 30.3 Å². The second-order valence-corrected chi connectivity index (χ2v) is 7.12. The first-order chi connectivity index (χ1) is 12.5. The highest BCUT2D eigenvalue weighted by Gasteiger charge is 2.09. The SMILES string of the molecule is C#CCn1c(=NC(=O)Cc2ccc(OC)cc2)sc2cc(C)c(C)cc21. The van der Waals surface area contributed by atoms with Gasteiger partial charge >= 0.3 is 0 Å². The van der Waals surface area contributed by atoms with Crippen molar-refractivity contribution in [2.45, 2.75) is 26.8 Å². The Hall–Kier alpha value is -2.84. The summed E-state index contributed by atoms with van der Waals surface area (Å²) in [5, 5.41) is 0. The number of hydrogen-bond acceptors (Lipinski definition) is 3. The number of hydrogen-bond donors (Lipinski definition) is 0. The molecule has 3 rings (SSSR count). The Balaban J connectivity index is 1.98. The zero-order valence-corrected chi connectivity index (χ0v) is 15.9. The number of rotatable bonds is 4. The lowest BCUT2D eigenvalue weighted by Gasteiger charge is -2.03. The molecule has 4 nitrogen and oxygen atoms in total. The molecule has 1 amide bonds. The number of ether oxygens (including phenoxy) is 1. The van der Waals surface area contributed by atoms with Crippen LogP contribution < -0.4 is 9.54 Å². The van der Waals surface area contributed by atoms with Crippen LogP contribution in [-0.4, -0.2) is 17.6 Å². The van der Waals surface area contributed by atoms with E-state index in [4.69, 9.17) is 11.2 Å². The minimum Gasteiger partial charge on any atom is -0.497 e. The summed E-state index contributed by atoms with van der Waals surface area (Å²) in [5.41, 5.74) is 4.32. The standard InChI is InChI=1S/C21H20N2O2S/c1-5-10-23-18-11-14(2)15(3)12-19(18)26-21(23)22-20(24)13-16-6-8-17(25-4)9-7-16/h1,6-9,11-12H,10,13H2,2-4H3. The molecule has 0 N–H and O–H groups in total. The summed E-state index contributed by atoms with van der Waals surface area (Å²) in [6, 6.07) is 11.7. The quantitative estimate of drug-likeness (QED) is 0.664. The number of fused-ring (bicyclic) bond motifs is 1. The lowest BCUT2D eigenvalue weighted by atomic mass is 10.1. The Bertz CT molecular complexity index is 1070. The van der Waals surface area contributed by atoms with Crippen molar-refractivity contribution in [1.29, 1.82) is 0 Å². The van der Waals surface area contributed by atoms with Crippen molar-refractivity contribution in [2.24, 2.45) is 4.99 Å². The minimum absolute atomic E-state index is 0.194. The number of benzene rings is 2. The smallest absolute Gasteiger partial charge is 0.252 e. The maximum absolute atomic E-state index is 12.4. The minimum atomic E-state index is -0.194. The van der Waals surface area contributed by atoms with Crippen LogP contribution in [0.2, 0.25) is 0 Å². The van der Waals surface area contributed by atoms with Crippen LogP contribution in [0.3, 0.4) is 0 Å². The van der Waals surface area contributed by atoms with Crippen LogP contribution in [0.1, 0.15) is 16.7 Å². The van der Waals surface area contributed by atoms with Gasteiger partial charge in [-0.05, 0) is 54.8 Å². The van der Waals surface area contributed by atoms with Gasteiger partial charge in [0, 0.05) is 0 Å². The lowest BCUT2D eigenvalue weighted by Crippen LogP contribution is -2.17. The molecule has 0 radical (unpaired) electrons. The largest absolute Gasteiger partial charge is 0.497 e. The summed E-state index contributed by atoms with van der Waals surface area (Å²) in [4.78, 5) is 17.4. The van der Waals surface area contributed by atoms with E-state index in [1.165, 1.54) is 22.5 Å². The topological polar surface area (TPSA) is 43.6 Å². The van der Waals surface area contributed by atoms with Crippen molar-refractivity contribution in [3.8, 4) is 18.1 Å². The molecule has 0 fully saturated rings. The molecule has 132 valence electrons. The van der Waals surface area contributed by atoms with Crippen LogP contribution in [0.5, 0.6) is 5.75 Å². The van der Waals surface area contributed by atoms with E-state index >= 15 is 0 Å². The number of thiazole rings is 1. The van der Waals surface area contributed by atoms with E-state index in [1.807, 2.05) is 28.8 Å². The molecule has 1 heterocycles. The van der Waals surface area contributed by atoms with E-state index < -0.39 is 0 Å². The number of aromatic nitrogens is 1. The summed E-state index contributed by atoms with van der Waals surface area (Å²) >= 11 is 1.49. The van der Waals surface area contributed by atoms with Gasteiger partial charge in [0.25, 0.3) is 5.91 Å². The van der Waals surface area contributed by atoms with Crippen LogP contribution in [-0.2, 0) is 17.8 Å². The number of carbonyl (C=O) groups is 1. The third-order valence-corrected chi connectivity index (χ3v) is 5.32. The van der Waals surface area contributed by atoms with Gasteiger partial charge in [-0.2, -0.15) is 4.99 Å². The highest BCUT2D eigenvalue weighted by atomic mass is 32.1. The van der Waals surface area contributed by atoms with Crippen LogP contribution >= 0.6 is 11.3 Å². The molecule has 26 heavy (non-hydrogen) atoms. The Kier molecular flexibility index (Phi) is 5.24. The maximum atomic E-state index is 12.4. The molecular weight excluding hydrogens is 344 g/mol. The van der Waals surface area contributed by atoms with Crippen molar-refractivity contribution in [3.63, 3.8) is 0 Å². The van der Waals surface area contributed by atoms with Gasteiger partial charge in [-0.3, -0.25) is 4.79 Å². The molecule has 0 saturated heterocycles. The summed E-state index contributed by atoms with van der Waals surface area (Å²) < 4.78 is 8.15. The maximum Gasteiger partial charge on any atom is 0.252 e. The number of amides is 1. The van der Waals surface area contributed by atoms with Gasteiger partial charge in [0.1, 0.15) is 5.75 Å². The Morgan fingerprint density at radius 3 is 2.58 bits per heavy atom. The Morgan fingerprint density at radius 1 is 1.23 bits per heavy atom. The molecule has 0 aliphatic carbocycles. The molecule has 3 aromatic rings. The molecule has 0 atom stereocenters. The molecule has 0 saturated carbocycles. The van der Waals surface area contributed by atoms with Crippen LogP contribution in [0.25, 0.3) is 10.2 Å². The van der Waals surface area contributed by atoms with Gasteiger partial charge in [0.15, 0.2) is 4.80 Å². The first-order valence-corrected chi connectivity index (χ1v) is 9.08. The predicted molar refractivity (Wildman–Crippen MR) is 105 cm³/mol. The first-order valence-electron chi connectivity index (χ1n) is 8.26. The summed E-state index contributed by atoms with van der Waals surface area (Å²) in [5.74, 6) is 3.23. The zero-order valence-electron chi connectivity index (χ0n) is 15.1. The Labute approximate surface area is 156 Å². The summed E-state index contributed by atoms with van der Waals surface area (Å²) in [6.45, 7) is 4.53. The van der Waals surface area contributed by atoms with E-state index in [9.17, 15) is 4.79 Å². The average Bonchev–Trinajstić information content (AvgIpc) is 2.93. The molecule has 0 aliphatic heterocycles. The highest BCUT2D eigenvalue weighted by molar-refractivity contribution is 7.16. The molecule has 5 heteroatoms. The average molecular weight is 364 g/mol. The van der Waals surface area contributed by atoms with Crippen molar-refractivity contribution in [3.05, 3.63) is 57.9 Å². The first kappa shape index (κ1) is 18.0. The van der Waals surface area contributed by atoms with Crippen molar-refractivity contribution in [2.75, 3.05) is 7.11 Å². The van der Waals surface area contributed by atoms with Gasteiger partial charge in [-0.15, -0.1) is 6.42 Å². The second kappa shape index (κ2) is 7.59. The van der Waals surface area contributed by atoms with Gasteiger partial charge in [-0.1, -0.05) is 29.4 Å². The van der Waals surface area contributed by atoms with Crippen molar-refractivity contribution in [1.82, 2.24) is 4.57 Å². The number of methoxy groups -OCH3 is 1. The Morgan fingerprint density at radius 2 is 1.92 bits per heavy atom. The van der Waals surface area contributed by atoms with Crippen molar-refractivity contribution >= 4 is 27.5 Å². The lowest BCUT2D eigenvalue weighted by molar-refractivity contribution is -0.117. The zero-order chi connectivity index (χ0) is 18.7.